The molecule has 0 spiro atoms. The maximum atomic E-state index is 12.6. The van der Waals surface area contributed by atoms with Crippen LogP contribution in [-0.4, -0.2) is 22.5 Å². The van der Waals surface area contributed by atoms with Crippen molar-refractivity contribution in [2.45, 2.75) is 64.7 Å². The molecule has 4 bridgehead atoms. The molecular weight excluding hydrogens is 278 g/mol. The second kappa shape index (κ2) is 5.56. The molecule has 0 aromatic heterocycles. The molecule has 0 unspecified atom stereocenters. The Balaban J connectivity index is 1.34. The summed E-state index contributed by atoms with van der Waals surface area (Å²) in [6.07, 6.45) is 11.9. The van der Waals surface area contributed by atoms with Crippen LogP contribution < -0.4 is 0 Å². The van der Waals surface area contributed by atoms with Crippen LogP contribution in [0.2, 0.25) is 0 Å². The molecule has 2 nitrogen and oxygen atoms in total. The molecule has 3 heteroatoms. The average Bonchev–Trinajstić information content (AvgIpc) is 2.39. The van der Waals surface area contributed by atoms with Gasteiger partial charge in [0.1, 0.15) is 0 Å². The second-order valence-corrected chi connectivity index (χ2v) is 9.82. The minimum Gasteiger partial charge on any atom is -0.286 e. The number of hydrogen-bond donors (Lipinski definition) is 0. The number of carbonyl (C=O) groups is 1. The van der Waals surface area contributed by atoms with Gasteiger partial charge >= 0.3 is 0 Å². The SMILES string of the molecule is CC1CCN(SC(=O)CC23CC4CC(CC(C4)C2)C3)CC1. The Labute approximate surface area is 133 Å². The molecule has 4 saturated carbocycles. The lowest BCUT2D eigenvalue weighted by atomic mass is 9.49. The summed E-state index contributed by atoms with van der Waals surface area (Å²) < 4.78 is 2.34. The minimum atomic E-state index is 0.419. The largest absolute Gasteiger partial charge is 0.286 e. The Bertz CT molecular complexity index is 378. The van der Waals surface area contributed by atoms with Gasteiger partial charge in [0.05, 0.1) is 0 Å². The van der Waals surface area contributed by atoms with E-state index >= 15 is 0 Å². The highest BCUT2D eigenvalue weighted by Gasteiger charge is 2.51. The van der Waals surface area contributed by atoms with Crippen LogP contribution in [-0.2, 0) is 4.79 Å². The van der Waals surface area contributed by atoms with E-state index in [0.29, 0.717) is 10.5 Å². The van der Waals surface area contributed by atoms with Crippen molar-refractivity contribution in [1.29, 1.82) is 0 Å². The lowest BCUT2D eigenvalue weighted by molar-refractivity contribution is -0.119. The summed E-state index contributed by atoms with van der Waals surface area (Å²) in [4.78, 5) is 12.6. The number of rotatable bonds is 3. The summed E-state index contributed by atoms with van der Waals surface area (Å²) in [5, 5.41) is 0.464. The quantitative estimate of drug-likeness (QED) is 0.716. The van der Waals surface area contributed by atoms with Crippen LogP contribution in [0.1, 0.15) is 64.7 Å². The predicted octanol–water partition coefficient (Wildman–Crippen LogP) is 4.50. The highest BCUT2D eigenvalue weighted by atomic mass is 32.2. The lowest BCUT2D eigenvalue weighted by Crippen LogP contribution is -2.46. The Kier molecular flexibility index (Phi) is 3.86. The predicted molar refractivity (Wildman–Crippen MR) is 87.8 cm³/mol. The Morgan fingerprint density at radius 3 is 2.10 bits per heavy atom. The van der Waals surface area contributed by atoms with Gasteiger partial charge in [-0.15, -0.1) is 0 Å². The molecule has 0 radical (unpaired) electrons. The van der Waals surface area contributed by atoms with Gasteiger partial charge in [-0.05, 0) is 92.4 Å². The van der Waals surface area contributed by atoms with E-state index in [9.17, 15) is 4.79 Å². The standard InChI is InChI=1S/C18H29NOS/c1-13-2-4-19(5-3-13)21-17(20)12-18-9-14-6-15(10-18)8-16(7-14)11-18/h13-16H,2-12H2,1H3. The van der Waals surface area contributed by atoms with Crippen LogP contribution in [0.15, 0.2) is 0 Å². The molecule has 0 amide bonds. The van der Waals surface area contributed by atoms with E-state index in [1.807, 2.05) is 0 Å². The van der Waals surface area contributed by atoms with Crippen LogP contribution in [0.3, 0.4) is 0 Å². The zero-order valence-electron chi connectivity index (χ0n) is 13.4. The minimum absolute atomic E-state index is 0.419. The number of hydrogen-bond acceptors (Lipinski definition) is 3. The molecule has 0 aromatic rings. The fourth-order valence-electron chi connectivity index (χ4n) is 6.07. The zero-order valence-corrected chi connectivity index (χ0v) is 14.2. The van der Waals surface area contributed by atoms with Gasteiger partial charge in [0, 0.05) is 19.5 Å². The fourth-order valence-corrected chi connectivity index (χ4v) is 7.12. The lowest BCUT2D eigenvalue weighted by Gasteiger charge is -2.56. The Morgan fingerprint density at radius 1 is 1.05 bits per heavy atom. The van der Waals surface area contributed by atoms with E-state index in [2.05, 4.69) is 11.2 Å². The highest BCUT2D eigenvalue weighted by molar-refractivity contribution is 8.11. The molecule has 21 heavy (non-hydrogen) atoms. The first-order chi connectivity index (χ1) is 10.1. The molecule has 4 aliphatic carbocycles. The van der Waals surface area contributed by atoms with Gasteiger partial charge in [0.2, 0.25) is 5.12 Å². The van der Waals surface area contributed by atoms with Crippen molar-refractivity contribution in [2.24, 2.45) is 29.1 Å². The van der Waals surface area contributed by atoms with E-state index in [1.165, 1.54) is 51.4 Å². The molecule has 5 fully saturated rings. The highest BCUT2D eigenvalue weighted by Crippen LogP contribution is 2.61. The summed E-state index contributed by atoms with van der Waals surface area (Å²) in [5.41, 5.74) is 0.419. The van der Waals surface area contributed by atoms with Crippen molar-refractivity contribution in [3.63, 3.8) is 0 Å². The molecule has 1 aliphatic heterocycles. The summed E-state index contributed by atoms with van der Waals surface area (Å²) in [6, 6.07) is 0. The van der Waals surface area contributed by atoms with Crippen molar-refractivity contribution in [3.8, 4) is 0 Å². The number of piperidine rings is 1. The molecule has 5 aliphatic rings. The van der Waals surface area contributed by atoms with Gasteiger partial charge < -0.3 is 0 Å². The zero-order chi connectivity index (χ0) is 14.4. The molecule has 1 saturated heterocycles. The number of nitrogens with zero attached hydrogens (tertiary/aromatic N) is 1. The normalized spacial score (nSPS) is 43.4. The Morgan fingerprint density at radius 2 is 1.57 bits per heavy atom. The summed E-state index contributed by atoms with van der Waals surface area (Å²) >= 11 is 1.57. The molecule has 118 valence electrons. The van der Waals surface area contributed by atoms with Crippen LogP contribution in [0.5, 0.6) is 0 Å². The first kappa shape index (κ1) is 14.6. The third-order valence-electron chi connectivity index (χ3n) is 6.66. The monoisotopic (exact) mass is 307 g/mol. The molecule has 0 N–H and O–H groups in total. The summed E-state index contributed by atoms with van der Waals surface area (Å²) in [5.74, 6) is 3.74. The van der Waals surface area contributed by atoms with Gasteiger partial charge in [-0.2, -0.15) is 0 Å². The van der Waals surface area contributed by atoms with Gasteiger partial charge in [0.15, 0.2) is 0 Å². The fraction of sp³-hybridized carbons (Fsp3) is 0.944. The van der Waals surface area contributed by atoms with Gasteiger partial charge in [0.25, 0.3) is 0 Å². The molecule has 1 heterocycles. The Hall–Kier alpha value is -0.0200. The van der Waals surface area contributed by atoms with Crippen molar-refractivity contribution in [3.05, 3.63) is 0 Å². The molecular formula is C18H29NOS. The first-order valence-corrected chi connectivity index (χ1v) is 9.83. The van der Waals surface area contributed by atoms with Gasteiger partial charge in [-0.1, -0.05) is 6.92 Å². The van der Waals surface area contributed by atoms with E-state index in [0.717, 1.165) is 43.2 Å². The van der Waals surface area contributed by atoms with Crippen LogP contribution >= 0.6 is 11.9 Å². The maximum Gasteiger partial charge on any atom is 0.204 e. The van der Waals surface area contributed by atoms with E-state index in [1.54, 1.807) is 11.9 Å². The first-order valence-electron chi connectivity index (χ1n) is 9.06. The third kappa shape index (κ3) is 3.06. The van der Waals surface area contributed by atoms with Crippen molar-refractivity contribution < 1.29 is 4.79 Å². The van der Waals surface area contributed by atoms with E-state index in [4.69, 9.17) is 0 Å². The van der Waals surface area contributed by atoms with Gasteiger partial charge in [-0.3, -0.25) is 4.79 Å². The smallest absolute Gasteiger partial charge is 0.204 e. The second-order valence-electron chi connectivity index (χ2n) is 8.67. The van der Waals surface area contributed by atoms with E-state index in [-0.39, 0.29) is 0 Å². The van der Waals surface area contributed by atoms with Crippen molar-refractivity contribution >= 4 is 17.1 Å². The van der Waals surface area contributed by atoms with Crippen LogP contribution in [0, 0.1) is 29.1 Å². The van der Waals surface area contributed by atoms with Crippen molar-refractivity contribution in [2.75, 3.05) is 13.1 Å². The summed E-state index contributed by atoms with van der Waals surface area (Å²) in [6.45, 7) is 4.55. The summed E-state index contributed by atoms with van der Waals surface area (Å²) in [7, 11) is 0. The van der Waals surface area contributed by atoms with Crippen molar-refractivity contribution in [1.82, 2.24) is 4.31 Å². The maximum absolute atomic E-state index is 12.6. The number of carbonyl (C=O) groups excluding carboxylic acids is 1. The van der Waals surface area contributed by atoms with Crippen LogP contribution in [0.25, 0.3) is 0 Å². The molecule has 0 atom stereocenters. The third-order valence-corrected chi connectivity index (χ3v) is 7.63. The molecule has 5 rings (SSSR count). The topological polar surface area (TPSA) is 20.3 Å². The van der Waals surface area contributed by atoms with Crippen LogP contribution in [0.4, 0.5) is 0 Å². The average molecular weight is 308 g/mol. The van der Waals surface area contributed by atoms with E-state index < -0.39 is 0 Å². The van der Waals surface area contributed by atoms with Gasteiger partial charge in [-0.25, -0.2) is 4.31 Å². The molecule has 0 aromatic carbocycles.